The Hall–Kier alpha value is -0.440. The number of anilines is 1. The minimum Gasteiger partial charge on any atom is -0.386 e. The average Bonchev–Trinajstić information content (AvgIpc) is 2.04. The van der Waals surface area contributed by atoms with Crippen LogP contribution in [0.5, 0.6) is 0 Å². The molecule has 0 heterocycles. The summed E-state index contributed by atoms with van der Waals surface area (Å²) in [6.07, 6.45) is 0. The number of nitrogens with two attached hydrogens (primary N) is 1. The highest BCUT2D eigenvalue weighted by Gasteiger charge is 2.11. The standard InChI is InChI=1S/C9H12Cl2N2/c1-5(12)6-3-4-7(10)9(13-2)8(6)11/h3-5,13H,12H2,1-2H3. The highest BCUT2D eigenvalue weighted by molar-refractivity contribution is 6.39. The lowest BCUT2D eigenvalue weighted by Crippen LogP contribution is -2.06. The summed E-state index contributed by atoms with van der Waals surface area (Å²) < 4.78 is 0. The van der Waals surface area contributed by atoms with E-state index in [1.54, 1.807) is 13.1 Å². The predicted octanol–water partition coefficient (Wildman–Crippen LogP) is 3.05. The molecule has 1 aromatic carbocycles. The lowest BCUT2D eigenvalue weighted by atomic mass is 10.1. The highest BCUT2D eigenvalue weighted by Crippen LogP contribution is 2.34. The van der Waals surface area contributed by atoms with Gasteiger partial charge < -0.3 is 11.1 Å². The molecular weight excluding hydrogens is 207 g/mol. The first-order valence-corrected chi connectivity index (χ1v) is 4.74. The fraction of sp³-hybridized carbons (Fsp3) is 0.333. The van der Waals surface area contributed by atoms with Crippen LogP contribution in [-0.2, 0) is 0 Å². The Bertz CT molecular complexity index is 311. The highest BCUT2D eigenvalue weighted by atomic mass is 35.5. The van der Waals surface area contributed by atoms with E-state index in [0.29, 0.717) is 10.0 Å². The molecule has 0 saturated carbocycles. The van der Waals surface area contributed by atoms with Gasteiger partial charge in [-0.1, -0.05) is 29.3 Å². The SMILES string of the molecule is CNc1c(Cl)ccc(C(C)N)c1Cl. The van der Waals surface area contributed by atoms with Crippen LogP contribution in [0.25, 0.3) is 0 Å². The van der Waals surface area contributed by atoms with Gasteiger partial charge in [0.2, 0.25) is 0 Å². The van der Waals surface area contributed by atoms with Crippen LogP contribution < -0.4 is 11.1 Å². The van der Waals surface area contributed by atoms with Crippen LogP contribution in [0.1, 0.15) is 18.5 Å². The smallest absolute Gasteiger partial charge is 0.0719 e. The lowest BCUT2D eigenvalue weighted by Gasteiger charge is -2.13. The van der Waals surface area contributed by atoms with Crippen molar-refractivity contribution in [2.75, 3.05) is 12.4 Å². The summed E-state index contributed by atoms with van der Waals surface area (Å²) in [5.74, 6) is 0. The van der Waals surface area contributed by atoms with E-state index in [1.165, 1.54) is 0 Å². The summed E-state index contributed by atoms with van der Waals surface area (Å²) in [7, 11) is 1.78. The minimum absolute atomic E-state index is 0.0862. The number of benzene rings is 1. The molecule has 3 N–H and O–H groups in total. The third-order valence-corrected chi connectivity index (χ3v) is 2.58. The zero-order valence-electron chi connectivity index (χ0n) is 7.57. The average molecular weight is 219 g/mol. The van der Waals surface area contributed by atoms with Crippen molar-refractivity contribution < 1.29 is 0 Å². The Morgan fingerprint density at radius 3 is 2.46 bits per heavy atom. The predicted molar refractivity (Wildman–Crippen MR) is 58.6 cm³/mol. The third kappa shape index (κ3) is 2.08. The largest absolute Gasteiger partial charge is 0.386 e. The fourth-order valence-electron chi connectivity index (χ4n) is 1.15. The quantitative estimate of drug-likeness (QED) is 0.802. The molecule has 1 aromatic rings. The zero-order chi connectivity index (χ0) is 10.0. The molecule has 1 atom stereocenters. The van der Waals surface area contributed by atoms with Crippen molar-refractivity contribution in [3.63, 3.8) is 0 Å². The van der Waals surface area contributed by atoms with Gasteiger partial charge in [-0.2, -0.15) is 0 Å². The van der Waals surface area contributed by atoms with E-state index in [2.05, 4.69) is 5.32 Å². The molecule has 1 rings (SSSR count). The topological polar surface area (TPSA) is 38.0 Å². The number of nitrogens with one attached hydrogen (secondary N) is 1. The first kappa shape index (κ1) is 10.6. The molecule has 0 saturated heterocycles. The van der Waals surface area contributed by atoms with E-state index in [0.717, 1.165) is 11.3 Å². The fourth-order valence-corrected chi connectivity index (χ4v) is 1.88. The molecule has 0 amide bonds. The van der Waals surface area contributed by atoms with E-state index in [1.807, 2.05) is 13.0 Å². The lowest BCUT2D eigenvalue weighted by molar-refractivity contribution is 0.819. The van der Waals surface area contributed by atoms with Crippen LogP contribution in [0.2, 0.25) is 10.0 Å². The summed E-state index contributed by atoms with van der Waals surface area (Å²) in [4.78, 5) is 0. The monoisotopic (exact) mass is 218 g/mol. The van der Waals surface area contributed by atoms with Crippen molar-refractivity contribution in [1.82, 2.24) is 0 Å². The Labute approximate surface area is 88.0 Å². The molecule has 2 nitrogen and oxygen atoms in total. The molecule has 1 unspecified atom stereocenters. The molecule has 0 bridgehead atoms. The molecule has 0 fully saturated rings. The van der Waals surface area contributed by atoms with E-state index in [4.69, 9.17) is 28.9 Å². The summed E-state index contributed by atoms with van der Waals surface area (Å²) in [6.45, 7) is 1.88. The van der Waals surface area contributed by atoms with Gasteiger partial charge in [0.25, 0.3) is 0 Å². The molecule has 0 spiro atoms. The van der Waals surface area contributed by atoms with E-state index < -0.39 is 0 Å². The van der Waals surface area contributed by atoms with Gasteiger partial charge in [-0.3, -0.25) is 0 Å². The van der Waals surface area contributed by atoms with Gasteiger partial charge in [-0.05, 0) is 18.6 Å². The molecular formula is C9H12Cl2N2. The Morgan fingerprint density at radius 1 is 1.38 bits per heavy atom. The van der Waals surface area contributed by atoms with Crippen molar-refractivity contribution in [1.29, 1.82) is 0 Å². The van der Waals surface area contributed by atoms with Gasteiger partial charge in [0.15, 0.2) is 0 Å². The second-order valence-electron chi connectivity index (χ2n) is 2.86. The molecule has 0 aliphatic carbocycles. The Kier molecular flexibility index (Phi) is 3.42. The summed E-state index contributed by atoms with van der Waals surface area (Å²) in [5.41, 5.74) is 7.37. The second-order valence-corrected chi connectivity index (χ2v) is 3.65. The van der Waals surface area contributed by atoms with Crippen molar-refractivity contribution in [2.24, 2.45) is 5.73 Å². The maximum absolute atomic E-state index is 6.08. The van der Waals surface area contributed by atoms with E-state index >= 15 is 0 Å². The van der Waals surface area contributed by atoms with Crippen molar-refractivity contribution >= 4 is 28.9 Å². The van der Waals surface area contributed by atoms with Gasteiger partial charge >= 0.3 is 0 Å². The minimum atomic E-state index is -0.0862. The molecule has 0 aliphatic heterocycles. The molecule has 0 aromatic heterocycles. The van der Waals surface area contributed by atoms with Gasteiger partial charge in [-0.15, -0.1) is 0 Å². The zero-order valence-corrected chi connectivity index (χ0v) is 9.08. The van der Waals surface area contributed by atoms with Crippen molar-refractivity contribution in [3.8, 4) is 0 Å². The van der Waals surface area contributed by atoms with Crippen LogP contribution in [0.4, 0.5) is 5.69 Å². The van der Waals surface area contributed by atoms with Gasteiger partial charge in [0.1, 0.15) is 0 Å². The van der Waals surface area contributed by atoms with E-state index in [9.17, 15) is 0 Å². The molecule has 0 aliphatic rings. The first-order valence-electron chi connectivity index (χ1n) is 3.99. The Morgan fingerprint density at radius 2 is 2.00 bits per heavy atom. The maximum atomic E-state index is 6.08. The molecule has 4 heteroatoms. The summed E-state index contributed by atoms with van der Waals surface area (Å²) >= 11 is 12.0. The van der Waals surface area contributed by atoms with Gasteiger partial charge in [-0.25, -0.2) is 0 Å². The number of rotatable bonds is 2. The number of hydrogen-bond donors (Lipinski definition) is 2. The molecule has 0 radical (unpaired) electrons. The van der Waals surface area contributed by atoms with Gasteiger partial charge in [0, 0.05) is 13.1 Å². The van der Waals surface area contributed by atoms with Crippen LogP contribution in [0.3, 0.4) is 0 Å². The third-order valence-electron chi connectivity index (χ3n) is 1.86. The Balaban J connectivity index is 3.27. The van der Waals surface area contributed by atoms with Crippen molar-refractivity contribution in [2.45, 2.75) is 13.0 Å². The van der Waals surface area contributed by atoms with Crippen LogP contribution in [0, 0.1) is 0 Å². The van der Waals surface area contributed by atoms with Gasteiger partial charge in [0.05, 0.1) is 15.7 Å². The molecule has 13 heavy (non-hydrogen) atoms. The second kappa shape index (κ2) is 4.18. The summed E-state index contributed by atoms with van der Waals surface area (Å²) in [5, 5.41) is 4.15. The van der Waals surface area contributed by atoms with Crippen LogP contribution in [0.15, 0.2) is 12.1 Å². The van der Waals surface area contributed by atoms with Crippen LogP contribution >= 0.6 is 23.2 Å². The van der Waals surface area contributed by atoms with Crippen molar-refractivity contribution in [3.05, 3.63) is 27.7 Å². The number of halogens is 2. The normalized spacial score (nSPS) is 12.7. The summed E-state index contributed by atoms with van der Waals surface area (Å²) in [6, 6.07) is 3.55. The maximum Gasteiger partial charge on any atom is 0.0719 e. The number of hydrogen-bond acceptors (Lipinski definition) is 2. The van der Waals surface area contributed by atoms with E-state index in [-0.39, 0.29) is 6.04 Å². The first-order chi connectivity index (χ1) is 6.07. The molecule has 72 valence electrons. The van der Waals surface area contributed by atoms with Crippen LogP contribution in [-0.4, -0.2) is 7.05 Å².